The number of amides is 2. The maximum absolute atomic E-state index is 14.6. The van der Waals surface area contributed by atoms with Crippen LogP contribution < -0.4 is 4.90 Å². The van der Waals surface area contributed by atoms with Gasteiger partial charge < -0.3 is 9.80 Å². The van der Waals surface area contributed by atoms with Gasteiger partial charge in [-0.1, -0.05) is 26.8 Å². The van der Waals surface area contributed by atoms with Gasteiger partial charge in [0.15, 0.2) is 0 Å². The van der Waals surface area contributed by atoms with Crippen LogP contribution in [0.4, 0.5) is 23.2 Å². The highest BCUT2D eigenvalue weighted by Gasteiger charge is 2.55. The van der Waals surface area contributed by atoms with Gasteiger partial charge in [-0.3, -0.25) is 9.59 Å². The predicted molar refractivity (Wildman–Crippen MR) is 91.8 cm³/mol. The van der Waals surface area contributed by atoms with Crippen LogP contribution in [0.1, 0.15) is 39.2 Å². The number of anilines is 1. The molecule has 1 fully saturated rings. The van der Waals surface area contributed by atoms with E-state index in [0.29, 0.717) is 4.90 Å². The number of piperidine rings is 1. The highest BCUT2D eigenvalue weighted by atomic mass is 19.4. The molecule has 0 aliphatic carbocycles. The van der Waals surface area contributed by atoms with E-state index in [9.17, 15) is 27.2 Å². The standard InChI is InChI=1S/C19H22F4N2O2/c1-17(2,3)15(26)24-9-7-18(8-10-24)14-12(20)5-4-6-13(14)25(16(18)27)11-19(21,22)23/h4-6H,7-11H2,1-3H3. The van der Waals surface area contributed by atoms with Gasteiger partial charge in [-0.25, -0.2) is 4.39 Å². The van der Waals surface area contributed by atoms with E-state index in [4.69, 9.17) is 0 Å². The minimum Gasteiger partial charge on any atom is -0.342 e. The number of likely N-dealkylation sites (tertiary alicyclic amines) is 1. The molecule has 1 saturated heterocycles. The van der Waals surface area contributed by atoms with Crippen LogP contribution in [0.25, 0.3) is 0 Å². The number of halogens is 4. The minimum atomic E-state index is -4.59. The van der Waals surface area contributed by atoms with E-state index in [2.05, 4.69) is 0 Å². The minimum absolute atomic E-state index is 0.0204. The van der Waals surface area contributed by atoms with Gasteiger partial charge >= 0.3 is 6.18 Å². The Balaban J connectivity index is 1.95. The van der Waals surface area contributed by atoms with Crippen LogP contribution in [0, 0.1) is 11.2 Å². The molecule has 0 atom stereocenters. The third kappa shape index (κ3) is 3.30. The van der Waals surface area contributed by atoms with Crippen LogP contribution in [0.3, 0.4) is 0 Å². The summed E-state index contributed by atoms with van der Waals surface area (Å²) < 4.78 is 53.6. The first kappa shape index (κ1) is 19.6. The summed E-state index contributed by atoms with van der Waals surface area (Å²) in [6.07, 6.45) is -4.38. The monoisotopic (exact) mass is 386 g/mol. The Labute approximate surface area is 155 Å². The second-order valence-corrected chi connectivity index (χ2v) is 8.26. The molecule has 27 heavy (non-hydrogen) atoms. The third-order valence-electron chi connectivity index (χ3n) is 5.30. The fourth-order valence-corrected chi connectivity index (χ4v) is 4.05. The smallest absolute Gasteiger partial charge is 0.342 e. The van der Waals surface area contributed by atoms with E-state index >= 15 is 0 Å². The molecular formula is C19H22F4N2O2. The Morgan fingerprint density at radius 2 is 1.74 bits per heavy atom. The maximum atomic E-state index is 14.6. The van der Waals surface area contributed by atoms with Crippen molar-refractivity contribution in [2.75, 3.05) is 24.5 Å². The molecule has 0 N–H and O–H groups in total. The highest BCUT2D eigenvalue weighted by Crippen LogP contribution is 2.50. The van der Waals surface area contributed by atoms with Crippen LogP contribution in [-0.2, 0) is 15.0 Å². The lowest BCUT2D eigenvalue weighted by atomic mass is 9.73. The Kier molecular flexibility index (Phi) is 4.51. The van der Waals surface area contributed by atoms with Crippen LogP contribution >= 0.6 is 0 Å². The Hall–Kier alpha value is -2.12. The van der Waals surface area contributed by atoms with Crippen molar-refractivity contribution in [3.05, 3.63) is 29.6 Å². The van der Waals surface area contributed by atoms with Crippen LogP contribution in [-0.4, -0.2) is 42.5 Å². The molecule has 2 amide bonds. The number of carbonyl (C=O) groups excluding carboxylic acids is 2. The van der Waals surface area contributed by atoms with Gasteiger partial charge in [0.05, 0.1) is 11.1 Å². The molecule has 8 heteroatoms. The van der Waals surface area contributed by atoms with Crippen molar-refractivity contribution in [1.82, 2.24) is 4.90 Å². The van der Waals surface area contributed by atoms with Gasteiger partial charge in [-0.05, 0) is 25.0 Å². The van der Waals surface area contributed by atoms with E-state index in [0.717, 1.165) is 6.07 Å². The number of hydrogen-bond acceptors (Lipinski definition) is 2. The van der Waals surface area contributed by atoms with Crippen molar-refractivity contribution >= 4 is 17.5 Å². The molecular weight excluding hydrogens is 364 g/mol. The van der Waals surface area contributed by atoms with E-state index in [1.54, 1.807) is 25.7 Å². The zero-order valence-electron chi connectivity index (χ0n) is 15.5. The summed E-state index contributed by atoms with van der Waals surface area (Å²) >= 11 is 0. The average Bonchev–Trinajstić information content (AvgIpc) is 2.77. The molecule has 2 heterocycles. The molecule has 0 radical (unpaired) electrons. The van der Waals surface area contributed by atoms with Crippen molar-refractivity contribution in [1.29, 1.82) is 0 Å². The van der Waals surface area contributed by atoms with E-state index in [1.807, 2.05) is 0 Å². The van der Waals surface area contributed by atoms with Crippen molar-refractivity contribution in [2.24, 2.45) is 5.41 Å². The Morgan fingerprint density at radius 3 is 2.26 bits per heavy atom. The average molecular weight is 386 g/mol. The number of fused-ring (bicyclic) bond motifs is 2. The molecule has 2 aliphatic heterocycles. The van der Waals surface area contributed by atoms with Crippen molar-refractivity contribution < 1.29 is 27.2 Å². The summed E-state index contributed by atoms with van der Waals surface area (Å²) in [6, 6.07) is 3.82. The highest BCUT2D eigenvalue weighted by molar-refractivity contribution is 6.08. The van der Waals surface area contributed by atoms with Gasteiger partial charge in [-0.2, -0.15) is 13.2 Å². The molecule has 2 aliphatic rings. The maximum Gasteiger partial charge on any atom is 0.406 e. The summed E-state index contributed by atoms with van der Waals surface area (Å²) in [5.41, 5.74) is -1.94. The van der Waals surface area contributed by atoms with E-state index in [1.165, 1.54) is 12.1 Å². The molecule has 148 valence electrons. The molecule has 1 aromatic carbocycles. The molecule has 3 rings (SSSR count). The van der Waals surface area contributed by atoms with Crippen LogP contribution in [0.5, 0.6) is 0 Å². The molecule has 0 bridgehead atoms. The number of nitrogens with zero attached hydrogens (tertiary/aromatic N) is 2. The number of benzene rings is 1. The van der Waals surface area contributed by atoms with Gasteiger partial charge in [0.25, 0.3) is 0 Å². The second-order valence-electron chi connectivity index (χ2n) is 8.26. The molecule has 0 saturated carbocycles. The summed E-state index contributed by atoms with van der Waals surface area (Å²) in [5, 5.41) is 0. The molecule has 0 aromatic heterocycles. The first-order chi connectivity index (χ1) is 12.4. The van der Waals surface area contributed by atoms with Gasteiger partial charge in [-0.15, -0.1) is 0 Å². The number of carbonyl (C=O) groups is 2. The lowest BCUT2D eigenvalue weighted by Gasteiger charge is -2.40. The fraction of sp³-hybridized carbons (Fsp3) is 0.579. The molecule has 1 spiro atoms. The zero-order chi connectivity index (χ0) is 20.2. The quantitative estimate of drug-likeness (QED) is 0.692. The number of rotatable bonds is 1. The van der Waals surface area contributed by atoms with Crippen molar-refractivity contribution in [3.63, 3.8) is 0 Å². The fourth-order valence-electron chi connectivity index (χ4n) is 4.05. The van der Waals surface area contributed by atoms with E-state index in [-0.39, 0.29) is 43.1 Å². The van der Waals surface area contributed by atoms with Gasteiger partial charge in [0.2, 0.25) is 11.8 Å². The van der Waals surface area contributed by atoms with Crippen LogP contribution in [0.2, 0.25) is 0 Å². The summed E-state index contributed by atoms with van der Waals surface area (Å²) in [7, 11) is 0. The second kappa shape index (κ2) is 6.21. The Morgan fingerprint density at radius 1 is 1.15 bits per heavy atom. The number of alkyl halides is 3. The first-order valence-electron chi connectivity index (χ1n) is 8.84. The van der Waals surface area contributed by atoms with E-state index < -0.39 is 35.3 Å². The summed E-state index contributed by atoms with van der Waals surface area (Å²) in [5.74, 6) is -1.51. The Bertz CT molecular complexity index is 775. The summed E-state index contributed by atoms with van der Waals surface area (Å²) in [6.45, 7) is 4.29. The van der Waals surface area contributed by atoms with Crippen molar-refractivity contribution in [2.45, 2.75) is 45.2 Å². The van der Waals surface area contributed by atoms with Gasteiger partial charge in [0.1, 0.15) is 12.4 Å². The lowest BCUT2D eigenvalue weighted by molar-refractivity contribution is -0.143. The summed E-state index contributed by atoms with van der Waals surface area (Å²) in [4.78, 5) is 27.7. The van der Waals surface area contributed by atoms with Gasteiger partial charge in [0, 0.05) is 24.1 Å². The molecule has 0 unspecified atom stereocenters. The topological polar surface area (TPSA) is 40.6 Å². The first-order valence-corrected chi connectivity index (χ1v) is 8.84. The SMILES string of the molecule is CC(C)(C)C(=O)N1CCC2(CC1)C(=O)N(CC(F)(F)F)c1cccc(F)c12. The normalized spacial score (nSPS) is 19.6. The van der Waals surface area contributed by atoms with Crippen LogP contribution in [0.15, 0.2) is 18.2 Å². The predicted octanol–water partition coefficient (Wildman–Crippen LogP) is 3.64. The number of hydrogen-bond donors (Lipinski definition) is 0. The third-order valence-corrected chi connectivity index (χ3v) is 5.30. The zero-order valence-corrected chi connectivity index (χ0v) is 15.5. The lowest BCUT2D eigenvalue weighted by Crippen LogP contribution is -2.53. The van der Waals surface area contributed by atoms with Crippen molar-refractivity contribution in [3.8, 4) is 0 Å². The molecule has 4 nitrogen and oxygen atoms in total. The molecule has 1 aromatic rings. The largest absolute Gasteiger partial charge is 0.406 e.